The van der Waals surface area contributed by atoms with Crippen molar-refractivity contribution in [3.05, 3.63) is 86.8 Å². The molecule has 0 radical (unpaired) electrons. The molecule has 0 atom stereocenters. The van der Waals surface area contributed by atoms with Gasteiger partial charge in [-0.05, 0) is 48.5 Å². The molecular weight excluding hydrogens is 424 g/mol. The molecule has 5 rings (SSSR count). The molecule has 0 aliphatic heterocycles. The summed E-state index contributed by atoms with van der Waals surface area (Å²) < 4.78 is 12.7. The number of rotatable bonds is 5. The molecule has 0 bridgehead atoms. The van der Waals surface area contributed by atoms with Crippen LogP contribution in [-0.2, 0) is 6.54 Å². The van der Waals surface area contributed by atoms with Crippen LogP contribution >= 0.6 is 11.3 Å². The van der Waals surface area contributed by atoms with Crippen molar-refractivity contribution in [3.63, 3.8) is 0 Å². The summed E-state index contributed by atoms with van der Waals surface area (Å²) in [7, 11) is 3.15. The maximum atomic E-state index is 12.9. The second kappa shape index (κ2) is 8.01. The fourth-order valence-corrected chi connectivity index (χ4v) is 4.93. The summed E-state index contributed by atoms with van der Waals surface area (Å²) in [4.78, 5) is 28.5. The lowest BCUT2D eigenvalue weighted by atomic mass is 10.1. The monoisotopic (exact) mass is 444 g/mol. The Kier molecular flexibility index (Phi) is 5.03. The normalized spacial score (nSPS) is 11.2. The van der Waals surface area contributed by atoms with Gasteiger partial charge >= 0.3 is 0 Å². The second-order valence-corrected chi connectivity index (χ2v) is 8.46. The molecule has 6 nitrogen and oxygen atoms in total. The number of aromatic nitrogens is 1. The van der Waals surface area contributed by atoms with Crippen LogP contribution in [0.3, 0.4) is 0 Å². The summed E-state index contributed by atoms with van der Waals surface area (Å²) >= 11 is 1.59. The third-order valence-corrected chi connectivity index (χ3v) is 6.67. The van der Waals surface area contributed by atoms with Gasteiger partial charge in [0.15, 0.2) is 5.43 Å². The van der Waals surface area contributed by atoms with E-state index < -0.39 is 0 Å². The van der Waals surface area contributed by atoms with Crippen LogP contribution in [0, 0.1) is 0 Å². The largest absolute Gasteiger partial charge is 0.496 e. The molecule has 0 spiro atoms. The molecule has 0 saturated carbocycles. The van der Waals surface area contributed by atoms with E-state index >= 15 is 0 Å². The highest BCUT2D eigenvalue weighted by Crippen LogP contribution is 2.31. The maximum absolute atomic E-state index is 12.9. The third-order valence-electron chi connectivity index (χ3n) is 5.51. The zero-order valence-corrected chi connectivity index (χ0v) is 18.3. The van der Waals surface area contributed by atoms with Crippen LogP contribution in [0.15, 0.2) is 70.3 Å². The molecule has 3 aromatic carbocycles. The van der Waals surface area contributed by atoms with Crippen LogP contribution in [0.25, 0.3) is 31.1 Å². The van der Waals surface area contributed by atoms with Crippen LogP contribution in [0.5, 0.6) is 11.5 Å². The lowest BCUT2D eigenvalue weighted by Crippen LogP contribution is -2.16. The Balaban J connectivity index is 1.52. The highest BCUT2D eigenvalue weighted by Gasteiger charge is 2.12. The number of methoxy groups -OCH3 is 2. The van der Waals surface area contributed by atoms with E-state index in [4.69, 9.17) is 9.47 Å². The molecule has 2 heterocycles. The number of benzene rings is 3. The molecule has 2 N–H and O–H groups in total. The standard InChI is InChI=1S/C25H20N2O4S/c1-30-19-8-9-20(31-2)23-17(19)11-14(25(29)27-23)13-26-15-7-10-22-18(12-15)24(28)16-5-3-4-6-21(16)32-22/h3-12,26H,13H2,1-2H3,(H,27,29). The van der Waals surface area contributed by atoms with Crippen molar-refractivity contribution in [2.45, 2.75) is 6.54 Å². The van der Waals surface area contributed by atoms with E-state index in [9.17, 15) is 9.59 Å². The van der Waals surface area contributed by atoms with Gasteiger partial charge in [0.05, 0.1) is 19.7 Å². The van der Waals surface area contributed by atoms with Gasteiger partial charge in [-0.25, -0.2) is 0 Å². The number of hydrogen-bond acceptors (Lipinski definition) is 6. The maximum Gasteiger partial charge on any atom is 0.253 e. The molecule has 0 fully saturated rings. The van der Waals surface area contributed by atoms with Gasteiger partial charge in [-0.1, -0.05) is 12.1 Å². The zero-order chi connectivity index (χ0) is 22.2. The summed E-state index contributed by atoms with van der Waals surface area (Å²) in [5, 5.41) is 5.42. The van der Waals surface area contributed by atoms with Gasteiger partial charge < -0.3 is 19.8 Å². The van der Waals surface area contributed by atoms with Gasteiger partial charge in [-0.2, -0.15) is 0 Å². The minimum absolute atomic E-state index is 0.0124. The number of anilines is 1. The first-order valence-electron chi connectivity index (χ1n) is 10.1. The van der Waals surface area contributed by atoms with E-state index in [1.54, 1.807) is 43.8 Å². The molecular formula is C25H20N2O4S. The smallest absolute Gasteiger partial charge is 0.253 e. The minimum atomic E-state index is -0.213. The lowest BCUT2D eigenvalue weighted by molar-refractivity contribution is 0.409. The van der Waals surface area contributed by atoms with E-state index in [0.29, 0.717) is 39.9 Å². The van der Waals surface area contributed by atoms with Gasteiger partial charge in [0.1, 0.15) is 11.5 Å². The van der Waals surface area contributed by atoms with Gasteiger partial charge in [0.2, 0.25) is 0 Å². The quantitative estimate of drug-likeness (QED) is 0.378. The minimum Gasteiger partial charge on any atom is -0.496 e. The van der Waals surface area contributed by atoms with Crippen molar-refractivity contribution in [1.29, 1.82) is 0 Å². The van der Waals surface area contributed by atoms with Crippen molar-refractivity contribution in [2.75, 3.05) is 19.5 Å². The molecule has 32 heavy (non-hydrogen) atoms. The van der Waals surface area contributed by atoms with Crippen LogP contribution in [0.1, 0.15) is 5.56 Å². The number of fused-ring (bicyclic) bond motifs is 3. The lowest BCUT2D eigenvalue weighted by Gasteiger charge is -2.12. The third kappa shape index (κ3) is 3.36. The predicted molar refractivity (Wildman–Crippen MR) is 131 cm³/mol. The molecule has 0 saturated heterocycles. The molecule has 160 valence electrons. The van der Waals surface area contributed by atoms with E-state index in [2.05, 4.69) is 10.3 Å². The van der Waals surface area contributed by atoms with Crippen LogP contribution in [0.4, 0.5) is 5.69 Å². The molecule has 7 heteroatoms. The summed E-state index contributed by atoms with van der Waals surface area (Å²) in [5.74, 6) is 1.22. The SMILES string of the molecule is COc1ccc(OC)c2[nH]c(=O)c(CNc3ccc4sc5ccccc5c(=O)c4c3)cc12. The van der Waals surface area contributed by atoms with E-state index in [0.717, 1.165) is 20.5 Å². The topological polar surface area (TPSA) is 80.4 Å². The van der Waals surface area contributed by atoms with Crippen molar-refractivity contribution in [3.8, 4) is 11.5 Å². The fourth-order valence-electron chi connectivity index (χ4n) is 3.88. The predicted octanol–water partition coefficient (Wildman–Crippen LogP) is 4.89. The van der Waals surface area contributed by atoms with Crippen molar-refractivity contribution in [2.24, 2.45) is 0 Å². The van der Waals surface area contributed by atoms with Gasteiger partial charge in [-0.3, -0.25) is 9.59 Å². The summed E-state index contributed by atoms with van der Waals surface area (Å²) in [6.07, 6.45) is 0. The first-order chi connectivity index (χ1) is 15.6. The molecule has 0 amide bonds. The van der Waals surface area contributed by atoms with Crippen molar-refractivity contribution >= 4 is 48.1 Å². The number of pyridine rings is 1. The van der Waals surface area contributed by atoms with Gasteiger partial charge in [0, 0.05) is 43.4 Å². The van der Waals surface area contributed by atoms with Gasteiger partial charge in [0.25, 0.3) is 5.56 Å². The average Bonchev–Trinajstić information content (AvgIpc) is 2.82. The Morgan fingerprint density at radius 3 is 2.41 bits per heavy atom. The van der Waals surface area contributed by atoms with Gasteiger partial charge in [-0.15, -0.1) is 11.3 Å². The first-order valence-corrected chi connectivity index (χ1v) is 10.9. The Bertz CT molecular complexity index is 1600. The van der Waals surface area contributed by atoms with Crippen LogP contribution in [0.2, 0.25) is 0 Å². The highest BCUT2D eigenvalue weighted by atomic mass is 32.1. The summed E-state index contributed by atoms with van der Waals surface area (Å²) in [6.45, 7) is 0.294. The Morgan fingerprint density at radius 1 is 0.844 bits per heavy atom. The highest BCUT2D eigenvalue weighted by molar-refractivity contribution is 7.24. The van der Waals surface area contributed by atoms with Crippen LogP contribution in [-0.4, -0.2) is 19.2 Å². The first kappa shape index (κ1) is 20.1. The van der Waals surface area contributed by atoms with Crippen LogP contribution < -0.4 is 25.8 Å². The Morgan fingerprint density at radius 2 is 1.59 bits per heavy atom. The number of aromatic amines is 1. The number of ether oxygens (including phenoxy) is 2. The summed E-state index contributed by atoms with van der Waals surface area (Å²) in [5.41, 5.74) is 1.71. The zero-order valence-electron chi connectivity index (χ0n) is 17.5. The molecule has 0 aliphatic rings. The molecule has 0 aliphatic carbocycles. The van der Waals surface area contributed by atoms with E-state index in [1.165, 1.54) is 0 Å². The molecule has 5 aromatic rings. The Labute approximate surface area is 187 Å². The summed E-state index contributed by atoms with van der Waals surface area (Å²) in [6, 6.07) is 18.7. The van der Waals surface area contributed by atoms with Crippen molar-refractivity contribution < 1.29 is 9.47 Å². The Hall–Kier alpha value is -3.84. The number of hydrogen-bond donors (Lipinski definition) is 2. The average molecular weight is 445 g/mol. The number of H-pyrrole nitrogens is 1. The van der Waals surface area contributed by atoms with E-state index in [1.807, 2.05) is 42.5 Å². The molecule has 2 aromatic heterocycles. The van der Waals surface area contributed by atoms with E-state index in [-0.39, 0.29) is 11.0 Å². The van der Waals surface area contributed by atoms with Crippen molar-refractivity contribution in [1.82, 2.24) is 4.98 Å². The molecule has 0 unspecified atom stereocenters. The number of nitrogens with one attached hydrogen (secondary N) is 2. The second-order valence-electron chi connectivity index (χ2n) is 7.37. The fraction of sp³-hybridized carbons (Fsp3) is 0.120.